The molecule has 0 atom stereocenters. The Morgan fingerprint density at radius 1 is 0.889 bits per heavy atom. The summed E-state index contributed by atoms with van der Waals surface area (Å²) >= 11 is 1.12. The predicted octanol–water partition coefficient (Wildman–Crippen LogP) is 3.99. The smallest absolute Gasteiger partial charge is 0.257 e. The molecular formula is C19H14N6OS. The Labute approximate surface area is 159 Å². The first-order chi connectivity index (χ1) is 13.3. The number of rotatable bonds is 5. The fraction of sp³-hybridized carbons (Fsp3) is 0. The maximum absolute atomic E-state index is 12.4. The molecule has 0 aliphatic carbocycles. The van der Waals surface area contributed by atoms with Crippen molar-refractivity contribution in [2.24, 2.45) is 0 Å². The highest BCUT2D eigenvalue weighted by molar-refractivity contribution is 7.10. The maximum atomic E-state index is 12.4. The molecule has 0 saturated heterocycles. The average Bonchev–Trinajstić information content (AvgIpc) is 3.18. The number of hydrogen-bond acceptors (Lipinski definition) is 7. The molecule has 0 aliphatic heterocycles. The van der Waals surface area contributed by atoms with Crippen LogP contribution in [0.1, 0.15) is 10.4 Å². The molecule has 27 heavy (non-hydrogen) atoms. The molecule has 4 rings (SSSR count). The lowest BCUT2D eigenvalue weighted by molar-refractivity contribution is 0.102. The zero-order valence-corrected chi connectivity index (χ0v) is 14.9. The van der Waals surface area contributed by atoms with Crippen molar-refractivity contribution in [3.05, 3.63) is 78.6 Å². The molecular weight excluding hydrogens is 360 g/mol. The van der Waals surface area contributed by atoms with E-state index in [1.165, 1.54) is 0 Å². The number of benzene rings is 1. The third kappa shape index (κ3) is 4.13. The monoisotopic (exact) mass is 374 g/mol. The summed E-state index contributed by atoms with van der Waals surface area (Å²) in [5.41, 5.74) is 2.04. The lowest BCUT2D eigenvalue weighted by Gasteiger charge is -2.06. The van der Waals surface area contributed by atoms with E-state index in [0.717, 1.165) is 23.0 Å². The number of anilines is 3. The van der Waals surface area contributed by atoms with Crippen molar-refractivity contribution in [3.63, 3.8) is 0 Å². The highest BCUT2D eigenvalue weighted by atomic mass is 32.1. The summed E-state index contributed by atoms with van der Waals surface area (Å²) in [6.07, 6.45) is 3.39. The highest BCUT2D eigenvalue weighted by Gasteiger charge is 2.11. The highest BCUT2D eigenvalue weighted by Crippen LogP contribution is 2.20. The number of carbonyl (C=O) groups is 1. The van der Waals surface area contributed by atoms with Crippen molar-refractivity contribution in [2.45, 2.75) is 0 Å². The van der Waals surface area contributed by atoms with E-state index in [9.17, 15) is 4.79 Å². The van der Waals surface area contributed by atoms with Crippen molar-refractivity contribution >= 4 is 34.1 Å². The van der Waals surface area contributed by atoms with Crippen LogP contribution in [0.2, 0.25) is 0 Å². The first kappa shape index (κ1) is 16.8. The third-order valence-corrected chi connectivity index (χ3v) is 4.26. The van der Waals surface area contributed by atoms with Crippen LogP contribution in [-0.2, 0) is 0 Å². The van der Waals surface area contributed by atoms with Gasteiger partial charge in [0, 0.05) is 35.2 Å². The van der Waals surface area contributed by atoms with Gasteiger partial charge in [-0.05, 0) is 48.5 Å². The molecule has 0 spiro atoms. The lowest BCUT2D eigenvalue weighted by atomic mass is 10.2. The lowest BCUT2D eigenvalue weighted by Crippen LogP contribution is -2.11. The quantitative estimate of drug-likeness (QED) is 0.549. The van der Waals surface area contributed by atoms with Crippen LogP contribution in [0.25, 0.3) is 11.5 Å². The minimum Gasteiger partial charge on any atom is -0.340 e. The molecule has 2 N–H and O–H groups in total. The average molecular weight is 374 g/mol. The van der Waals surface area contributed by atoms with Gasteiger partial charge in [-0.1, -0.05) is 12.1 Å². The van der Waals surface area contributed by atoms with Crippen LogP contribution in [-0.4, -0.2) is 25.2 Å². The molecule has 3 aromatic heterocycles. The van der Waals surface area contributed by atoms with Crippen LogP contribution >= 0.6 is 11.5 Å². The first-order valence-electron chi connectivity index (χ1n) is 8.12. The van der Waals surface area contributed by atoms with E-state index in [-0.39, 0.29) is 5.91 Å². The van der Waals surface area contributed by atoms with Crippen molar-refractivity contribution < 1.29 is 4.79 Å². The largest absolute Gasteiger partial charge is 0.340 e. The number of aromatic nitrogens is 4. The normalized spacial score (nSPS) is 10.4. The minimum atomic E-state index is -0.247. The molecule has 0 aliphatic rings. The maximum Gasteiger partial charge on any atom is 0.257 e. The van der Waals surface area contributed by atoms with Gasteiger partial charge < -0.3 is 5.32 Å². The van der Waals surface area contributed by atoms with E-state index in [1.54, 1.807) is 24.5 Å². The Hall–Kier alpha value is -3.65. The summed E-state index contributed by atoms with van der Waals surface area (Å²) in [5, 5.41) is 6.36. The summed E-state index contributed by atoms with van der Waals surface area (Å²) in [7, 11) is 0. The topological polar surface area (TPSA) is 92.7 Å². The fourth-order valence-corrected chi connectivity index (χ4v) is 2.91. The van der Waals surface area contributed by atoms with Crippen molar-refractivity contribution in [1.82, 2.24) is 19.3 Å². The van der Waals surface area contributed by atoms with Gasteiger partial charge in [0.2, 0.25) is 5.13 Å². The molecule has 4 aromatic rings. The SMILES string of the molecule is O=C(Nc1nc(-c2ccccn2)ns1)c1ccc(Nc2ccccn2)cc1. The van der Waals surface area contributed by atoms with Gasteiger partial charge in [0.25, 0.3) is 5.91 Å². The van der Waals surface area contributed by atoms with E-state index in [2.05, 4.69) is 30.0 Å². The van der Waals surface area contributed by atoms with Gasteiger partial charge >= 0.3 is 0 Å². The Morgan fingerprint density at radius 3 is 2.37 bits per heavy atom. The Morgan fingerprint density at radius 2 is 1.67 bits per heavy atom. The zero-order chi connectivity index (χ0) is 18.5. The van der Waals surface area contributed by atoms with Crippen LogP contribution < -0.4 is 10.6 Å². The van der Waals surface area contributed by atoms with Crippen molar-refractivity contribution in [1.29, 1.82) is 0 Å². The standard InChI is InChI=1S/C19H14N6OS/c26-18(24-19-23-17(25-27-19)15-5-1-3-11-20-15)13-7-9-14(10-8-13)22-16-6-2-4-12-21-16/h1-12H,(H,21,22)(H,23,24,25,26). The van der Waals surface area contributed by atoms with Gasteiger partial charge in [0.1, 0.15) is 11.5 Å². The molecule has 1 amide bonds. The first-order valence-corrected chi connectivity index (χ1v) is 8.90. The summed E-state index contributed by atoms with van der Waals surface area (Å²) in [4.78, 5) is 25.1. The van der Waals surface area contributed by atoms with Crippen LogP contribution in [0.15, 0.2) is 73.1 Å². The van der Waals surface area contributed by atoms with Crippen LogP contribution in [0.4, 0.5) is 16.6 Å². The fourth-order valence-electron chi connectivity index (χ4n) is 2.33. The van der Waals surface area contributed by atoms with E-state index in [0.29, 0.717) is 22.2 Å². The number of nitrogens with one attached hydrogen (secondary N) is 2. The van der Waals surface area contributed by atoms with Gasteiger partial charge in [-0.25, -0.2) is 4.98 Å². The second-order valence-electron chi connectivity index (χ2n) is 5.51. The summed E-state index contributed by atoms with van der Waals surface area (Å²) < 4.78 is 4.23. The zero-order valence-electron chi connectivity index (χ0n) is 14.0. The molecule has 1 aromatic carbocycles. The molecule has 0 bridgehead atoms. The Bertz CT molecular complexity index is 1030. The molecule has 8 heteroatoms. The van der Waals surface area contributed by atoms with Gasteiger partial charge in [-0.15, -0.1) is 0 Å². The molecule has 0 fully saturated rings. The van der Waals surface area contributed by atoms with Crippen molar-refractivity contribution in [2.75, 3.05) is 10.6 Å². The summed E-state index contributed by atoms with van der Waals surface area (Å²) in [5.74, 6) is 0.986. The van der Waals surface area contributed by atoms with E-state index in [1.807, 2.05) is 48.5 Å². The Kier molecular flexibility index (Phi) is 4.80. The van der Waals surface area contributed by atoms with Gasteiger partial charge in [-0.2, -0.15) is 9.36 Å². The van der Waals surface area contributed by atoms with Gasteiger partial charge in [-0.3, -0.25) is 15.1 Å². The van der Waals surface area contributed by atoms with E-state index < -0.39 is 0 Å². The molecule has 0 unspecified atom stereocenters. The second-order valence-corrected chi connectivity index (χ2v) is 6.26. The van der Waals surface area contributed by atoms with Crippen LogP contribution in [0.5, 0.6) is 0 Å². The summed E-state index contributed by atoms with van der Waals surface area (Å²) in [6, 6.07) is 18.3. The number of pyridine rings is 2. The second kappa shape index (κ2) is 7.71. The molecule has 132 valence electrons. The number of hydrogen-bond donors (Lipinski definition) is 2. The number of carbonyl (C=O) groups excluding carboxylic acids is 1. The molecule has 3 heterocycles. The van der Waals surface area contributed by atoms with E-state index in [4.69, 9.17) is 0 Å². The number of amides is 1. The molecule has 7 nitrogen and oxygen atoms in total. The Balaban J connectivity index is 1.42. The predicted molar refractivity (Wildman–Crippen MR) is 105 cm³/mol. The van der Waals surface area contributed by atoms with E-state index >= 15 is 0 Å². The molecule has 0 saturated carbocycles. The van der Waals surface area contributed by atoms with Crippen molar-refractivity contribution in [3.8, 4) is 11.5 Å². The van der Waals surface area contributed by atoms with Gasteiger partial charge in [0.05, 0.1) is 0 Å². The molecule has 0 radical (unpaired) electrons. The third-order valence-electron chi connectivity index (χ3n) is 3.62. The minimum absolute atomic E-state index is 0.247. The van der Waals surface area contributed by atoms with Crippen LogP contribution in [0.3, 0.4) is 0 Å². The summed E-state index contributed by atoms with van der Waals surface area (Å²) in [6.45, 7) is 0. The van der Waals surface area contributed by atoms with Gasteiger partial charge in [0.15, 0.2) is 5.82 Å². The van der Waals surface area contributed by atoms with Crippen LogP contribution in [0, 0.1) is 0 Å². The number of nitrogens with zero attached hydrogens (tertiary/aromatic N) is 4.